The summed E-state index contributed by atoms with van der Waals surface area (Å²) in [5.41, 5.74) is -1.50. The SMILES string of the molecule is O=c1nc(OCc2cc(F)c(Oc3ccc(C(F)(F)F)nc3)c(F)c2)cc2n1CC1CCCCN21. The molecule has 35 heavy (non-hydrogen) atoms. The van der Waals surface area contributed by atoms with Gasteiger partial charge in [0.15, 0.2) is 17.4 Å². The lowest BCUT2D eigenvalue weighted by Crippen LogP contribution is -2.36. The molecule has 0 radical (unpaired) electrons. The van der Waals surface area contributed by atoms with Crippen molar-refractivity contribution in [2.75, 3.05) is 11.4 Å². The molecule has 4 heterocycles. The number of alkyl halides is 3. The minimum absolute atomic E-state index is 0.0458. The number of fused-ring (bicyclic) bond motifs is 3. The third kappa shape index (κ3) is 4.64. The number of anilines is 1. The summed E-state index contributed by atoms with van der Waals surface area (Å²) in [6.07, 6.45) is -0.798. The lowest BCUT2D eigenvalue weighted by atomic mass is 10.0. The van der Waals surface area contributed by atoms with Crippen molar-refractivity contribution in [1.82, 2.24) is 14.5 Å². The van der Waals surface area contributed by atoms with Gasteiger partial charge in [-0.25, -0.2) is 18.6 Å². The van der Waals surface area contributed by atoms with Crippen molar-refractivity contribution in [3.05, 3.63) is 69.9 Å². The average molecular weight is 494 g/mol. The zero-order valence-electron chi connectivity index (χ0n) is 18.2. The molecule has 1 saturated heterocycles. The molecule has 184 valence electrons. The molecule has 2 aromatic heterocycles. The van der Waals surface area contributed by atoms with Crippen LogP contribution in [0, 0.1) is 11.6 Å². The molecule has 0 N–H and O–H groups in total. The fourth-order valence-electron chi connectivity index (χ4n) is 4.34. The highest BCUT2D eigenvalue weighted by Crippen LogP contribution is 2.33. The maximum Gasteiger partial charge on any atom is 0.433 e. The molecule has 2 aliphatic rings. The van der Waals surface area contributed by atoms with Crippen molar-refractivity contribution in [3.8, 4) is 17.4 Å². The van der Waals surface area contributed by atoms with Gasteiger partial charge in [0, 0.05) is 25.2 Å². The Labute approximate surface area is 195 Å². The molecule has 5 rings (SSSR count). The van der Waals surface area contributed by atoms with Crippen molar-refractivity contribution in [3.63, 3.8) is 0 Å². The Bertz CT molecular complexity index is 1290. The first-order chi connectivity index (χ1) is 16.7. The molecular formula is C23H19F5N4O3. The van der Waals surface area contributed by atoms with Gasteiger partial charge >= 0.3 is 11.9 Å². The second kappa shape index (κ2) is 8.82. The Morgan fingerprint density at radius 2 is 1.86 bits per heavy atom. The summed E-state index contributed by atoms with van der Waals surface area (Å²) < 4.78 is 79.1. The van der Waals surface area contributed by atoms with Gasteiger partial charge in [0.1, 0.15) is 23.9 Å². The van der Waals surface area contributed by atoms with Crippen molar-refractivity contribution in [2.45, 2.75) is 44.6 Å². The molecule has 0 bridgehead atoms. The molecule has 1 atom stereocenters. The number of piperidine rings is 1. The quantitative estimate of drug-likeness (QED) is 0.480. The van der Waals surface area contributed by atoms with E-state index in [1.165, 1.54) is 0 Å². The Hall–Kier alpha value is -3.70. The van der Waals surface area contributed by atoms with Gasteiger partial charge in [-0.1, -0.05) is 0 Å². The Kier molecular flexibility index (Phi) is 5.81. The van der Waals surface area contributed by atoms with Gasteiger partial charge in [0.2, 0.25) is 5.88 Å². The van der Waals surface area contributed by atoms with E-state index in [4.69, 9.17) is 9.47 Å². The monoisotopic (exact) mass is 494 g/mol. The van der Waals surface area contributed by atoms with Gasteiger partial charge < -0.3 is 14.4 Å². The highest BCUT2D eigenvalue weighted by atomic mass is 19.4. The number of aromatic nitrogens is 3. The largest absolute Gasteiger partial charge is 0.473 e. The van der Waals surface area contributed by atoms with Crippen LogP contribution in [0.5, 0.6) is 17.4 Å². The number of pyridine rings is 1. The molecule has 12 heteroatoms. The van der Waals surface area contributed by atoms with E-state index in [0.717, 1.165) is 56.0 Å². The predicted molar refractivity (Wildman–Crippen MR) is 113 cm³/mol. The number of benzene rings is 1. The van der Waals surface area contributed by atoms with Crippen LogP contribution in [0.3, 0.4) is 0 Å². The summed E-state index contributed by atoms with van der Waals surface area (Å²) in [5.74, 6) is -2.46. The third-order valence-corrected chi connectivity index (χ3v) is 5.97. The van der Waals surface area contributed by atoms with Crippen molar-refractivity contribution < 1.29 is 31.4 Å². The lowest BCUT2D eigenvalue weighted by Gasteiger charge is -2.30. The van der Waals surface area contributed by atoms with Gasteiger partial charge in [-0.15, -0.1) is 0 Å². The number of halogens is 5. The summed E-state index contributed by atoms with van der Waals surface area (Å²) in [6, 6.07) is 5.40. The first-order valence-electron chi connectivity index (χ1n) is 10.9. The van der Waals surface area contributed by atoms with E-state index in [-0.39, 0.29) is 29.8 Å². The number of ether oxygens (including phenoxy) is 2. The molecule has 0 aliphatic carbocycles. The third-order valence-electron chi connectivity index (χ3n) is 5.97. The second-order valence-corrected chi connectivity index (χ2v) is 8.34. The molecule has 0 spiro atoms. The molecule has 1 fully saturated rings. The second-order valence-electron chi connectivity index (χ2n) is 8.34. The van der Waals surface area contributed by atoms with Crippen LogP contribution < -0.4 is 20.1 Å². The predicted octanol–water partition coefficient (Wildman–Crippen LogP) is 4.68. The molecule has 1 unspecified atom stereocenters. The topological polar surface area (TPSA) is 69.5 Å². The number of hydrogen-bond donors (Lipinski definition) is 0. The molecule has 7 nitrogen and oxygen atoms in total. The zero-order chi connectivity index (χ0) is 24.7. The van der Waals surface area contributed by atoms with E-state index in [1.54, 1.807) is 10.6 Å². The Morgan fingerprint density at radius 1 is 1.09 bits per heavy atom. The van der Waals surface area contributed by atoms with Crippen LogP contribution in [-0.2, 0) is 19.3 Å². The molecule has 0 amide bonds. The maximum atomic E-state index is 14.5. The first-order valence-corrected chi connectivity index (χ1v) is 10.9. The van der Waals surface area contributed by atoms with Crippen LogP contribution in [0.4, 0.5) is 27.8 Å². The van der Waals surface area contributed by atoms with Crippen LogP contribution in [0.1, 0.15) is 30.5 Å². The minimum Gasteiger partial charge on any atom is -0.473 e. The Balaban J connectivity index is 1.29. The fraction of sp³-hybridized carbons (Fsp3) is 0.348. The Morgan fingerprint density at radius 3 is 2.54 bits per heavy atom. The van der Waals surface area contributed by atoms with E-state index < -0.39 is 34.9 Å². The van der Waals surface area contributed by atoms with Crippen LogP contribution >= 0.6 is 0 Å². The molecular weight excluding hydrogens is 475 g/mol. The van der Waals surface area contributed by atoms with Gasteiger partial charge in [-0.2, -0.15) is 18.2 Å². The summed E-state index contributed by atoms with van der Waals surface area (Å²) in [6.45, 7) is 1.14. The summed E-state index contributed by atoms with van der Waals surface area (Å²) in [7, 11) is 0. The zero-order valence-corrected chi connectivity index (χ0v) is 18.2. The minimum atomic E-state index is -4.65. The average Bonchev–Trinajstić information content (AvgIpc) is 3.19. The van der Waals surface area contributed by atoms with Crippen molar-refractivity contribution >= 4 is 5.82 Å². The highest BCUT2D eigenvalue weighted by Gasteiger charge is 2.33. The van der Waals surface area contributed by atoms with E-state index in [1.807, 2.05) is 0 Å². The van der Waals surface area contributed by atoms with Crippen molar-refractivity contribution in [2.24, 2.45) is 0 Å². The van der Waals surface area contributed by atoms with Gasteiger partial charge in [0.05, 0.1) is 6.20 Å². The first kappa shape index (κ1) is 23.1. The van der Waals surface area contributed by atoms with Crippen molar-refractivity contribution in [1.29, 1.82) is 0 Å². The van der Waals surface area contributed by atoms with E-state index in [0.29, 0.717) is 12.6 Å². The van der Waals surface area contributed by atoms with Gasteiger partial charge in [0.25, 0.3) is 0 Å². The molecule has 1 aromatic carbocycles. The fourth-order valence-corrected chi connectivity index (χ4v) is 4.34. The normalized spacial score (nSPS) is 17.2. The number of nitrogens with zero attached hydrogens (tertiary/aromatic N) is 4. The van der Waals surface area contributed by atoms with Crippen LogP contribution in [0.15, 0.2) is 41.3 Å². The molecule has 3 aromatic rings. The lowest BCUT2D eigenvalue weighted by molar-refractivity contribution is -0.141. The maximum absolute atomic E-state index is 14.5. The van der Waals surface area contributed by atoms with Gasteiger partial charge in [-0.05, 0) is 49.1 Å². The van der Waals surface area contributed by atoms with E-state index in [9.17, 15) is 26.7 Å². The standard InChI is InChI=1S/C23H19F5N4O3/c24-16-7-13(8-17(25)21(16)35-15-4-5-18(29-10-15)23(26,27)28)12-34-19-9-20-31-6-2-1-3-14(31)11-32(20)22(33)30-19/h4-5,7-10,14H,1-3,6,11-12H2. The summed E-state index contributed by atoms with van der Waals surface area (Å²) >= 11 is 0. The number of hydrogen-bond acceptors (Lipinski definition) is 6. The van der Waals surface area contributed by atoms with Crippen LogP contribution in [-0.4, -0.2) is 27.1 Å². The smallest absolute Gasteiger partial charge is 0.433 e. The van der Waals surface area contributed by atoms with E-state index >= 15 is 0 Å². The van der Waals surface area contributed by atoms with Crippen LogP contribution in [0.25, 0.3) is 0 Å². The van der Waals surface area contributed by atoms with Gasteiger partial charge in [-0.3, -0.25) is 4.57 Å². The highest BCUT2D eigenvalue weighted by molar-refractivity contribution is 5.47. The molecule has 2 aliphatic heterocycles. The molecule has 0 saturated carbocycles. The van der Waals surface area contributed by atoms with E-state index in [2.05, 4.69) is 14.9 Å². The van der Waals surface area contributed by atoms with Crippen LogP contribution in [0.2, 0.25) is 0 Å². The summed E-state index contributed by atoms with van der Waals surface area (Å²) in [5, 5.41) is 0. The number of rotatable bonds is 5. The summed E-state index contributed by atoms with van der Waals surface area (Å²) in [4.78, 5) is 21.7.